The van der Waals surface area contributed by atoms with Gasteiger partial charge in [-0.3, -0.25) is 4.79 Å². The van der Waals surface area contributed by atoms with E-state index in [-0.39, 0.29) is 11.7 Å². The van der Waals surface area contributed by atoms with E-state index in [1.165, 1.54) is 7.11 Å². The van der Waals surface area contributed by atoms with Crippen molar-refractivity contribution in [3.63, 3.8) is 0 Å². The minimum atomic E-state index is -0.0924. The van der Waals surface area contributed by atoms with Crippen molar-refractivity contribution in [1.29, 1.82) is 0 Å². The van der Waals surface area contributed by atoms with Crippen molar-refractivity contribution in [3.05, 3.63) is 47.0 Å². The van der Waals surface area contributed by atoms with Crippen molar-refractivity contribution in [1.82, 2.24) is 0 Å². The third kappa shape index (κ3) is 3.76. The molecule has 2 aromatic carbocycles. The van der Waals surface area contributed by atoms with Crippen molar-refractivity contribution in [3.8, 4) is 23.0 Å². The second-order valence-corrected chi connectivity index (χ2v) is 6.75. The van der Waals surface area contributed by atoms with Crippen LogP contribution in [0.3, 0.4) is 0 Å². The Morgan fingerprint density at radius 3 is 2.54 bits per heavy atom. The van der Waals surface area contributed by atoms with E-state index >= 15 is 0 Å². The van der Waals surface area contributed by atoms with E-state index in [4.69, 9.17) is 24.7 Å². The minimum absolute atomic E-state index is 0.00560. The van der Waals surface area contributed by atoms with Gasteiger partial charge in [-0.05, 0) is 42.3 Å². The lowest BCUT2D eigenvalue weighted by molar-refractivity contribution is 0.102. The third-order valence-corrected chi connectivity index (χ3v) is 4.59. The molecule has 0 atom stereocenters. The molecule has 0 fully saturated rings. The number of ether oxygens (including phenoxy) is 4. The predicted octanol–water partition coefficient (Wildman–Crippen LogP) is 3.98. The highest BCUT2D eigenvalue weighted by Crippen LogP contribution is 2.43. The molecule has 1 aliphatic heterocycles. The van der Waals surface area contributed by atoms with Gasteiger partial charge in [-0.2, -0.15) is 0 Å². The lowest BCUT2D eigenvalue weighted by atomic mass is 9.92. The number of fused-ring (bicyclic) bond motifs is 1. The number of allylic oxidation sites excluding steroid dienone is 1. The number of ketones is 1. The van der Waals surface area contributed by atoms with Gasteiger partial charge < -0.3 is 24.7 Å². The standard InChI is InChI=1S/C22H25NO5/c1-13(2)16(20(24)14-5-7-17(23)19(12-14)25-3)11-15-6-8-18-22(21(15)26-4)28-10-9-27-18/h5-8,11-13H,9-10,23H2,1-4H3/b16-11+. The Kier molecular flexibility index (Phi) is 5.78. The topological polar surface area (TPSA) is 80.0 Å². The summed E-state index contributed by atoms with van der Waals surface area (Å²) < 4.78 is 22.1. The van der Waals surface area contributed by atoms with Gasteiger partial charge in [0.2, 0.25) is 5.75 Å². The van der Waals surface area contributed by atoms with E-state index < -0.39 is 0 Å². The van der Waals surface area contributed by atoms with Crippen LogP contribution < -0.4 is 24.7 Å². The first-order valence-electron chi connectivity index (χ1n) is 9.12. The zero-order chi connectivity index (χ0) is 20.3. The molecule has 1 aliphatic rings. The summed E-state index contributed by atoms with van der Waals surface area (Å²) in [6, 6.07) is 8.74. The molecule has 6 nitrogen and oxygen atoms in total. The van der Waals surface area contributed by atoms with Crippen LogP contribution in [0, 0.1) is 5.92 Å². The van der Waals surface area contributed by atoms with Gasteiger partial charge in [0.25, 0.3) is 0 Å². The maximum absolute atomic E-state index is 13.2. The highest BCUT2D eigenvalue weighted by Gasteiger charge is 2.22. The molecular formula is C22H25NO5. The summed E-state index contributed by atoms with van der Waals surface area (Å²) >= 11 is 0. The number of carbonyl (C=O) groups is 1. The van der Waals surface area contributed by atoms with E-state index in [1.54, 1.807) is 25.3 Å². The molecule has 0 bridgehead atoms. The molecule has 0 aliphatic carbocycles. The Morgan fingerprint density at radius 2 is 1.86 bits per heavy atom. The number of nitrogens with two attached hydrogens (primary N) is 1. The van der Waals surface area contributed by atoms with Crippen LogP contribution in [0.4, 0.5) is 5.69 Å². The van der Waals surface area contributed by atoms with Crippen LogP contribution in [-0.4, -0.2) is 33.2 Å². The zero-order valence-electron chi connectivity index (χ0n) is 16.6. The Labute approximate surface area is 164 Å². The number of methoxy groups -OCH3 is 2. The Bertz CT molecular complexity index is 917. The molecule has 2 N–H and O–H groups in total. The number of Topliss-reactive ketones (excluding diaryl/α,β-unsaturated/α-hetero) is 1. The predicted molar refractivity (Wildman–Crippen MR) is 109 cm³/mol. The van der Waals surface area contributed by atoms with Crippen molar-refractivity contribution in [2.45, 2.75) is 13.8 Å². The third-order valence-electron chi connectivity index (χ3n) is 4.59. The molecule has 1 heterocycles. The van der Waals surface area contributed by atoms with Gasteiger partial charge in [0.15, 0.2) is 17.3 Å². The molecule has 2 aromatic rings. The van der Waals surface area contributed by atoms with Gasteiger partial charge in [-0.15, -0.1) is 0 Å². The first-order chi connectivity index (χ1) is 13.5. The Balaban J connectivity index is 2.05. The molecule has 0 saturated carbocycles. The molecule has 0 radical (unpaired) electrons. The normalized spacial score (nSPS) is 13.4. The van der Waals surface area contributed by atoms with Crippen molar-refractivity contribution in [2.75, 3.05) is 33.2 Å². The molecule has 0 spiro atoms. The minimum Gasteiger partial charge on any atom is -0.495 e. The van der Waals surface area contributed by atoms with Gasteiger partial charge >= 0.3 is 0 Å². The number of benzene rings is 2. The fourth-order valence-electron chi connectivity index (χ4n) is 3.11. The van der Waals surface area contributed by atoms with Gasteiger partial charge in [0, 0.05) is 16.7 Å². The fourth-order valence-corrected chi connectivity index (χ4v) is 3.11. The number of nitrogen functional groups attached to an aromatic ring is 1. The summed E-state index contributed by atoms with van der Waals surface area (Å²) in [7, 11) is 3.10. The van der Waals surface area contributed by atoms with Crippen LogP contribution in [0.1, 0.15) is 29.8 Å². The first kappa shape index (κ1) is 19.6. The van der Waals surface area contributed by atoms with Crippen molar-refractivity contribution in [2.24, 2.45) is 5.92 Å². The molecule has 6 heteroatoms. The summed E-state index contributed by atoms with van der Waals surface area (Å²) in [6.45, 7) is 4.91. The maximum Gasteiger partial charge on any atom is 0.204 e. The largest absolute Gasteiger partial charge is 0.495 e. The Morgan fingerprint density at radius 1 is 1.11 bits per heavy atom. The van der Waals surface area contributed by atoms with Crippen LogP contribution in [0.5, 0.6) is 23.0 Å². The number of hydrogen-bond acceptors (Lipinski definition) is 6. The van der Waals surface area contributed by atoms with E-state index in [2.05, 4.69) is 0 Å². The molecule has 3 rings (SSSR count). The van der Waals surface area contributed by atoms with Gasteiger partial charge in [0.05, 0.1) is 19.9 Å². The van der Waals surface area contributed by atoms with Crippen LogP contribution in [0.2, 0.25) is 0 Å². The lowest BCUT2D eigenvalue weighted by Crippen LogP contribution is -2.16. The van der Waals surface area contributed by atoms with E-state index in [1.807, 2.05) is 32.1 Å². The van der Waals surface area contributed by atoms with Crippen molar-refractivity contribution < 1.29 is 23.7 Å². The van der Waals surface area contributed by atoms with E-state index in [9.17, 15) is 4.79 Å². The monoisotopic (exact) mass is 383 g/mol. The fraction of sp³-hybridized carbons (Fsp3) is 0.318. The van der Waals surface area contributed by atoms with Crippen LogP contribution >= 0.6 is 0 Å². The van der Waals surface area contributed by atoms with Gasteiger partial charge in [-0.25, -0.2) is 0 Å². The second-order valence-electron chi connectivity index (χ2n) is 6.75. The van der Waals surface area contributed by atoms with Gasteiger partial charge in [-0.1, -0.05) is 13.8 Å². The number of anilines is 1. The second kappa shape index (κ2) is 8.25. The zero-order valence-corrected chi connectivity index (χ0v) is 16.6. The highest BCUT2D eigenvalue weighted by atomic mass is 16.6. The first-order valence-corrected chi connectivity index (χ1v) is 9.12. The average Bonchev–Trinajstić information content (AvgIpc) is 2.71. The highest BCUT2D eigenvalue weighted by molar-refractivity contribution is 6.12. The molecule has 0 saturated heterocycles. The molecule has 148 valence electrons. The molecular weight excluding hydrogens is 358 g/mol. The summed E-state index contributed by atoms with van der Waals surface area (Å²) in [6.07, 6.45) is 1.84. The number of carbonyl (C=O) groups excluding carboxylic acids is 1. The van der Waals surface area contributed by atoms with E-state index in [0.717, 1.165) is 5.56 Å². The molecule has 0 amide bonds. The van der Waals surface area contributed by atoms with Crippen LogP contribution in [-0.2, 0) is 0 Å². The smallest absolute Gasteiger partial charge is 0.204 e. The summed E-state index contributed by atoms with van der Waals surface area (Å²) in [5.41, 5.74) is 8.27. The molecule has 0 aromatic heterocycles. The summed E-state index contributed by atoms with van der Waals surface area (Å²) in [4.78, 5) is 13.2. The summed E-state index contributed by atoms with van der Waals surface area (Å²) in [5, 5.41) is 0. The maximum atomic E-state index is 13.2. The van der Waals surface area contributed by atoms with Gasteiger partial charge in [0.1, 0.15) is 19.0 Å². The lowest BCUT2D eigenvalue weighted by Gasteiger charge is -2.22. The quantitative estimate of drug-likeness (QED) is 0.462. The molecule has 0 unspecified atom stereocenters. The van der Waals surface area contributed by atoms with Crippen LogP contribution in [0.25, 0.3) is 6.08 Å². The molecule has 28 heavy (non-hydrogen) atoms. The summed E-state index contributed by atoms with van der Waals surface area (Å²) in [5.74, 6) is 2.14. The average molecular weight is 383 g/mol. The Hall–Kier alpha value is -3.15. The van der Waals surface area contributed by atoms with Crippen LogP contribution in [0.15, 0.2) is 35.9 Å². The van der Waals surface area contributed by atoms with Crippen molar-refractivity contribution >= 4 is 17.5 Å². The number of rotatable bonds is 6. The SMILES string of the molecule is COc1cc(C(=O)/C(=C/c2ccc3c(c2OC)OCCO3)C(C)C)ccc1N. The number of hydrogen-bond donors (Lipinski definition) is 1. The van der Waals surface area contributed by atoms with E-state index in [0.29, 0.717) is 53.0 Å².